The van der Waals surface area contributed by atoms with Gasteiger partial charge in [0.1, 0.15) is 6.04 Å². The lowest BCUT2D eigenvalue weighted by Gasteiger charge is -2.16. The lowest BCUT2D eigenvalue weighted by atomic mass is 10.1. The molecule has 0 amide bonds. The Balaban J connectivity index is 2.19. The molecule has 0 bridgehead atoms. The molecule has 0 saturated carbocycles. The highest BCUT2D eigenvalue weighted by atomic mass is 16.6. The maximum atomic E-state index is 10.8. The summed E-state index contributed by atoms with van der Waals surface area (Å²) in [5, 5.41) is 14.0. The third-order valence-corrected chi connectivity index (χ3v) is 2.93. The van der Waals surface area contributed by atoms with E-state index < -0.39 is 0 Å². The molecule has 0 heterocycles. The summed E-state index contributed by atoms with van der Waals surface area (Å²) in [4.78, 5) is 10.5. The van der Waals surface area contributed by atoms with Crippen molar-refractivity contribution in [3.05, 3.63) is 75.8 Å². The summed E-state index contributed by atoms with van der Waals surface area (Å²) in [7, 11) is 0. The van der Waals surface area contributed by atoms with Gasteiger partial charge in [0.2, 0.25) is 6.54 Å². The smallest absolute Gasteiger partial charge is 0.227 e. The van der Waals surface area contributed by atoms with Gasteiger partial charge in [-0.25, -0.2) is 0 Å². The molecule has 0 aliphatic carbocycles. The second-order valence-electron chi connectivity index (χ2n) is 4.49. The maximum absolute atomic E-state index is 10.8. The van der Waals surface area contributed by atoms with Gasteiger partial charge in [-0.3, -0.25) is 10.1 Å². The normalized spacial score (nSPS) is 11.8. The predicted octanol–water partition coefficient (Wildman–Crippen LogP) is 3.42. The van der Waals surface area contributed by atoms with E-state index in [9.17, 15) is 10.1 Å². The lowest BCUT2D eigenvalue weighted by Crippen LogP contribution is -2.20. The van der Waals surface area contributed by atoms with Crippen LogP contribution in [0, 0.1) is 17.0 Å². The van der Waals surface area contributed by atoms with Crippen LogP contribution in [0.15, 0.2) is 54.6 Å². The number of nitrogens with one attached hydrogen (secondary N) is 1. The van der Waals surface area contributed by atoms with Crippen LogP contribution in [0.1, 0.15) is 17.2 Å². The summed E-state index contributed by atoms with van der Waals surface area (Å²) in [5.74, 6) is 0. The van der Waals surface area contributed by atoms with E-state index >= 15 is 0 Å². The van der Waals surface area contributed by atoms with Gasteiger partial charge in [0.05, 0.1) is 0 Å². The Kier molecular flexibility index (Phi) is 4.13. The highest BCUT2D eigenvalue weighted by molar-refractivity contribution is 5.46. The molecular weight excluding hydrogens is 240 g/mol. The molecule has 4 heteroatoms. The largest absolute Gasteiger partial charge is 0.372 e. The van der Waals surface area contributed by atoms with E-state index in [0.29, 0.717) is 0 Å². The van der Waals surface area contributed by atoms with Gasteiger partial charge in [-0.1, -0.05) is 48.0 Å². The molecular formula is C15H16N2O2. The SMILES string of the molecule is Cc1ccc(NC(C[N+](=O)[O-])c2ccccc2)cc1. The zero-order valence-corrected chi connectivity index (χ0v) is 10.7. The fraction of sp³-hybridized carbons (Fsp3) is 0.200. The van der Waals surface area contributed by atoms with E-state index in [0.717, 1.165) is 16.8 Å². The minimum absolute atomic E-state index is 0.141. The molecule has 0 spiro atoms. The molecule has 1 atom stereocenters. The molecule has 2 rings (SSSR count). The Morgan fingerprint density at radius 3 is 2.32 bits per heavy atom. The second-order valence-corrected chi connectivity index (χ2v) is 4.49. The van der Waals surface area contributed by atoms with Crippen LogP contribution in [-0.4, -0.2) is 11.5 Å². The molecule has 0 aliphatic heterocycles. The first-order valence-corrected chi connectivity index (χ1v) is 6.15. The van der Waals surface area contributed by atoms with Crippen molar-refractivity contribution in [3.8, 4) is 0 Å². The van der Waals surface area contributed by atoms with Crippen molar-refractivity contribution in [2.75, 3.05) is 11.9 Å². The van der Waals surface area contributed by atoms with Crippen LogP contribution in [0.5, 0.6) is 0 Å². The minimum Gasteiger partial charge on any atom is -0.372 e. The van der Waals surface area contributed by atoms with Crippen molar-refractivity contribution in [3.63, 3.8) is 0 Å². The van der Waals surface area contributed by atoms with E-state index in [2.05, 4.69) is 5.32 Å². The highest BCUT2D eigenvalue weighted by Crippen LogP contribution is 2.20. The third-order valence-electron chi connectivity index (χ3n) is 2.93. The first-order valence-electron chi connectivity index (χ1n) is 6.15. The Hall–Kier alpha value is -2.36. The zero-order valence-electron chi connectivity index (χ0n) is 10.7. The summed E-state index contributed by atoms with van der Waals surface area (Å²) in [6, 6.07) is 17.0. The quantitative estimate of drug-likeness (QED) is 0.658. The summed E-state index contributed by atoms with van der Waals surface area (Å²) in [6.45, 7) is 1.87. The van der Waals surface area contributed by atoms with Crippen LogP contribution in [0.25, 0.3) is 0 Å². The van der Waals surface area contributed by atoms with Crippen molar-refractivity contribution in [1.29, 1.82) is 0 Å². The molecule has 0 saturated heterocycles. The Morgan fingerprint density at radius 1 is 1.11 bits per heavy atom. The van der Waals surface area contributed by atoms with E-state index in [1.807, 2.05) is 61.5 Å². The average molecular weight is 256 g/mol. The van der Waals surface area contributed by atoms with Gasteiger partial charge in [0.15, 0.2) is 0 Å². The van der Waals surface area contributed by atoms with Gasteiger partial charge in [0.25, 0.3) is 0 Å². The van der Waals surface area contributed by atoms with E-state index in [1.165, 1.54) is 0 Å². The van der Waals surface area contributed by atoms with Crippen molar-refractivity contribution < 1.29 is 4.92 Å². The number of rotatable bonds is 5. The van der Waals surface area contributed by atoms with Gasteiger partial charge in [0, 0.05) is 10.6 Å². The number of benzene rings is 2. The molecule has 1 N–H and O–H groups in total. The molecule has 0 aliphatic rings. The van der Waals surface area contributed by atoms with Gasteiger partial charge in [-0.15, -0.1) is 0 Å². The lowest BCUT2D eigenvalue weighted by molar-refractivity contribution is -0.482. The van der Waals surface area contributed by atoms with E-state index in [1.54, 1.807) is 0 Å². The van der Waals surface area contributed by atoms with Crippen molar-refractivity contribution in [2.24, 2.45) is 0 Å². The zero-order chi connectivity index (χ0) is 13.7. The first kappa shape index (κ1) is 13.1. The highest BCUT2D eigenvalue weighted by Gasteiger charge is 2.17. The van der Waals surface area contributed by atoms with E-state index in [-0.39, 0.29) is 17.5 Å². The number of hydrogen-bond donors (Lipinski definition) is 1. The maximum Gasteiger partial charge on any atom is 0.227 e. The predicted molar refractivity (Wildman–Crippen MR) is 75.8 cm³/mol. The Morgan fingerprint density at radius 2 is 1.74 bits per heavy atom. The molecule has 0 radical (unpaired) electrons. The summed E-state index contributed by atoms with van der Waals surface area (Å²) >= 11 is 0. The van der Waals surface area contributed by atoms with Crippen molar-refractivity contribution >= 4 is 5.69 Å². The van der Waals surface area contributed by atoms with Crippen LogP contribution in [0.2, 0.25) is 0 Å². The van der Waals surface area contributed by atoms with Crippen LogP contribution < -0.4 is 5.32 Å². The molecule has 2 aromatic carbocycles. The second kappa shape index (κ2) is 6.00. The number of nitrogens with zero attached hydrogens (tertiary/aromatic N) is 1. The fourth-order valence-electron chi connectivity index (χ4n) is 1.92. The number of aryl methyl sites for hydroxylation is 1. The molecule has 0 aromatic heterocycles. The number of nitro groups is 1. The monoisotopic (exact) mass is 256 g/mol. The number of anilines is 1. The average Bonchev–Trinajstić information content (AvgIpc) is 2.41. The van der Waals surface area contributed by atoms with Crippen molar-refractivity contribution in [1.82, 2.24) is 0 Å². The van der Waals surface area contributed by atoms with Gasteiger partial charge in [-0.05, 0) is 24.6 Å². The Labute approximate surface area is 112 Å². The molecule has 2 aromatic rings. The van der Waals surface area contributed by atoms with Gasteiger partial charge < -0.3 is 5.32 Å². The molecule has 4 nitrogen and oxygen atoms in total. The fourth-order valence-corrected chi connectivity index (χ4v) is 1.92. The van der Waals surface area contributed by atoms with E-state index in [4.69, 9.17) is 0 Å². The minimum atomic E-state index is -0.320. The molecule has 98 valence electrons. The summed E-state index contributed by atoms with van der Waals surface area (Å²) < 4.78 is 0. The summed E-state index contributed by atoms with van der Waals surface area (Å²) in [6.07, 6.45) is 0. The molecule has 0 fully saturated rings. The summed E-state index contributed by atoms with van der Waals surface area (Å²) in [5.41, 5.74) is 2.97. The molecule has 1 unspecified atom stereocenters. The topological polar surface area (TPSA) is 55.2 Å². The third kappa shape index (κ3) is 3.81. The van der Waals surface area contributed by atoms with Crippen LogP contribution in [-0.2, 0) is 0 Å². The van der Waals surface area contributed by atoms with Gasteiger partial charge in [-0.2, -0.15) is 0 Å². The molecule has 19 heavy (non-hydrogen) atoms. The first-order chi connectivity index (χ1) is 9.15. The number of hydrogen-bond acceptors (Lipinski definition) is 3. The van der Waals surface area contributed by atoms with Gasteiger partial charge >= 0.3 is 0 Å². The van der Waals surface area contributed by atoms with Crippen molar-refractivity contribution in [2.45, 2.75) is 13.0 Å². The van der Waals surface area contributed by atoms with Crippen LogP contribution in [0.4, 0.5) is 5.69 Å². The Bertz CT molecular complexity index is 538. The van der Waals surface area contributed by atoms with Crippen LogP contribution in [0.3, 0.4) is 0 Å². The standard InChI is InChI=1S/C15H16N2O2/c1-12-7-9-14(10-8-12)16-15(11-17(18)19)13-5-3-2-4-6-13/h2-10,15-16H,11H2,1H3. The van der Waals surface area contributed by atoms with Crippen LogP contribution >= 0.6 is 0 Å².